The number of rotatable bonds is 4. The van der Waals surface area contributed by atoms with Crippen molar-refractivity contribution in [2.75, 3.05) is 0 Å². The predicted octanol–water partition coefficient (Wildman–Crippen LogP) is 19.0. The lowest BCUT2D eigenvalue weighted by atomic mass is 9.94. The fraction of sp³-hybridized carbons (Fsp3) is 0.0606. The molecule has 0 spiro atoms. The third-order valence-electron chi connectivity index (χ3n) is 15.7. The zero-order chi connectivity index (χ0) is 45.6. The van der Waals surface area contributed by atoms with Crippen molar-refractivity contribution in [3.05, 3.63) is 217 Å². The molecular formula is C66H42N2S2. The molecule has 0 atom stereocenters. The molecule has 0 amide bonds. The van der Waals surface area contributed by atoms with E-state index in [1.54, 1.807) is 0 Å². The molecule has 70 heavy (non-hydrogen) atoms. The van der Waals surface area contributed by atoms with E-state index in [1.807, 2.05) is 22.7 Å². The number of allylic oxidation sites excluding steroid dienone is 2. The Morgan fingerprint density at radius 2 is 0.743 bits per heavy atom. The summed E-state index contributed by atoms with van der Waals surface area (Å²) in [6.45, 7) is 0. The molecule has 0 N–H and O–H groups in total. The molecule has 14 aromatic rings. The van der Waals surface area contributed by atoms with Crippen LogP contribution in [-0.4, -0.2) is 9.13 Å². The number of benzene rings is 10. The van der Waals surface area contributed by atoms with Gasteiger partial charge in [-0.2, -0.15) is 0 Å². The highest BCUT2D eigenvalue weighted by molar-refractivity contribution is 7.33. The summed E-state index contributed by atoms with van der Waals surface area (Å²) in [4.78, 5) is 0. The van der Waals surface area contributed by atoms with E-state index in [0.29, 0.717) is 0 Å². The van der Waals surface area contributed by atoms with Crippen LogP contribution in [0.3, 0.4) is 0 Å². The van der Waals surface area contributed by atoms with Crippen molar-refractivity contribution in [2.45, 2.75) is 25.7 Å². The van der Waals surface area contributed by atoms with Gasteiger partial charge in [0.25, 0.3) is 0 Å². The Morgan fingerprint density at radius 3 is 1.20 bits per heavy atom. The number of fused-ring (bicyclic) bond motifs is 18. The van der Waals surface area contributed by atoms with Crippen LogP contribution in [-0.2, 0) is 12.8 Å². The molecule has 0 unspecified atom stereocenters. The average Bonchev–Trinajstić information content (AvgIpc) is 4.18. The van der Waals surface area contributed by atoms with E-state index in [2.05, 4.69) is 215 Å². The molecule has 16 rings (SSSR count). The standard InChI is InChI=1S/C66H42N2S2/c1-3-17-45-43(15-1)41(33-35-59(45)67-55-25-11-7-19-47(55)48-20-8-12-26-56(48)67)39-29-31-53-61(37-39)69-65-63(53)51-23-5-6-24-52(51)64-54-32-30-40(38-62(54)70-66(64)65)42-34-36-60(46-18-4-2-16-44(42)46)68-57-27-13-9-21-49(57)50-22-10-14-28-58(50)68/h1-11,13,15-25,27,29-38H,12,14,26,28H2. The molecule has 0 fully saturated rings. The first-order chi connectivity index (χ1) is 34.7. The van der Waals surface area contributed by atoms with Gasteiger partial charge < -0.3 is 9.13 Å². The lowest BCUT2D eigenvalue weighted by Crippen LogP contribution is -2.04. The quantitative estimate of drug-likeness (QED) is 0.166. The van der Waals surface area contributed by atoms with E-state index in [1.165, 1.54) is 151 Å². The summed E-state index contributed by atoms with van der Waals surface area (Å²) in [6, 6.07) is 68.9. The molecular weight excluding hydrogens is 885 g/mol. The van der Waals surface area contributed by atoms with Crippen LogP contribution in [0.15, 0.2) is 194 Å². The zero-order valence-electron chi connectivity index (χ0n) is 38.2. The lowest BCUT2D eigenvalue weighted by Gasteiger charge is -2.17. The van der Waals surface area contributed by atoms with Crippen molar-refractivity contribution >= 4 is 129 Å². The van der Waals surface area contributed by atoms with Crippen LogP contribution in [0.4, 0.5) is 0 Å². The van der Waals surface area contributed by atoms with Gasteiger partial charge in [-0.15, -0.1) is 22.7 Å². The second-order valence-corrected chi connectivity index (χ2v) is 21.3. The van der Waals surface area contributed by atoms with Crippen LogP contribution in [0.2, 0.25) is 0 Å². The highest BCUT2D eigenvalue weighted by atomic mass is 32.1. The number of thiophene rings is 2. The van der Waals surface area contributed by atoms with Gasteiger partial charge in [-0.3, -0.25) is 0 Å². The van der Waals surface area contributed by atoms with Crippen LogP contribution in [0.5, 0.6) is 0 Å². The minimum absolute atomic E-state index is 1.04. The van der Waals surface area contributed by atoms with E-state index >= 15 is 0 Å². The molecule has 0 saturated heterocycles. The Bertz CT molecular complexity index is 4360. The van der Waals surface area contributed by atoms with Crippen molar-refractivity contribution in [1.82, 2.24) is 9.13 Å². The van der Waals surface area contributed by atoms with E-state index in [4.69, 9.17) is 0 Å². The van der Waals surface area contributed by atoms with E-state index < -0.39 is 0 Å². The molecule has 0 aliphatic heterocycles. The minimum atomic E-state index is 1.04. The first-order valence-corrected chi connectivity index (χ1v) is 26.2. The maximum atomic E-state index is 2.54. The van der Waals surface area contributed by atoms with Crippen LogP contribution in [0.1, 0.15) is 35.4 Å². The minimum Gasteiger partial charge on any atom is -0.312 e. The van der Waals surface area contributed by atoms with Gasteiger partial charge in [0.2, 0.25) is 0 Å². The lowest BCUT2D eigenvalue weighted by molar-refractivity contribution is 0.892. The summed E-state index contributed by atoms with van der Waals surface area (Å²) < 4.78 is 10.5. The maximum absolute atomic E-state index is 2.54. The van der Waals surface area contributed by atoms with Crippen LogP contribution < -0.4 is 0 Å². The normalized spacial score (nSPS) is 13.7. The van der Waals surface area contributed by atoms with Gasteiger partial charge in [0.1, 0.15) is 0 Å². The molecule has 0 bridgehead atoms. The maximum Gasteiger partial charge on any atom is 0.0540 e. The van der Waals surface area contributed by atoms with Crippen LogP contribution in [0.25, 0.3) is 140 Å². The summed E-state index contributed by atoms with van der Waals surface area (Å²) in [5.41, 5.74) is 15.7. The van der Waals surface area contributed by atoms with Gasteiger partial charge in [-0.25, -0.2) is 0 Å². The van der Waals surface area contributed by atoms with Crippen LogP contribution >= 0.6 is 22.7 Å². The van der Waals surface area contributed by atoms with Gasteiger partial charge in [0, 0.05) is 75.0 Å². The SMILES string of the molecule is C1=Cc2c(n(-c3ccc(-c4ccc5c(c4)sc4c6sc7cc(-c8ccc(-n9c%10c(c%11ccccc%119)C=CCC%10)c9ccccc89)ccc7c6c6ccccc6c54)c4ccccc34)c3ccccc23)CC1. The number of aromatic nitrogens is 2. The Morgan fingerprint density at radius 1 is 0.343 bits per heavy atom. The fourth-order valence-corrected chi connectivity index (χ4v) is 15.3. The molecule has 2 nitrogen and oxygen atoms in total. The van der Waals surface area contributed by atoms with Crippen molar-refractivity contribution < 1.29 is 0 Å². The third-order valence-corrected chi connectivity index (χ3v) is 18.1. The Labute approximate surface area is 411 Å². The molecule has 10 aromatic carbocycles. The van der Waals surface area contributed by atoms with Gasteiger partial charge in [0.05, 0.1) is 31.8 Å². The highest BCUT2D eigenvalue weighted by Crippen LogP contribution is 2.51. The first-order valence-electron chi connectivity index (χ1n) is 24.6. The van der Waals surface area contributed by atoms with E-state index in [-0.39, 0.29) is 0 Å². The van der Waals surface area contributed by atoms with Gasteiger partial charge >= 0.3 is 0 Å². The van der Waals surface area contributed by atoms with Crippen molar-refractivity contribution in [1.29, 1.82) is 0 Å². The number of hydrogen-bond donors (Lipinski definition) is 0. The first kappa shape index (κ1) is 38.9. The summed E-state index contributed by atoms with van der Waals surface area (Å²) >= 11 is 3.92. The third kappa shape index (κ3) is 5.38. The predicted molar refractivity (Wildman–Crippen MR) is 304 cm³/mol. The summed E-state index contributed by atoms with van der Waals surface area (Å²) in [7, 11) is 0. The average molecular weight is 927 g/mol. The van der Waals surface area contributed by atoms with Crippen molar-refractivity contribution in [3.63, 3.8) is 0 Å². The second-order valence-electron chi connectivity index (χ2n) is 19.2. The van der Waals surface area contributed by atoms with Gasteiger partial charge in [0.15, 0.2) is 0 Å². The summed E-state index contributed by atoms with van der Waals surface area (Å²) in [5.74, 6) is 0. The zero-order valence-corrected chi connectivity index (χ0v) is 39.8. The monoisotopic (exact) mass is 926 g/mol. The topological polar surface area (TPSA) is 9.86 Å². The Balaban J connectivity index is 0.853. The van der Waals surface area contributed by atoms with E-state index in [0.717, 1.165) is 25.7 Å². The van der Waals surface area contributed by atoms with Crippen molar-refractivity contribution in [2.24, 2.45) is 0 Å². The molecule has 328 valence electrons. The van der Waals surface area contributed by atoms with E-state index in [9.17, 15) is 0 Å². The largest absolute Gasteiger partial charge is 0.312 e. The van der Waals surface area contributed by atoms with Gasteiger partial charge in [-0.1, -0.05) is 170 Å². The smallest absolute Gasteiger partial charge is 0.0540 e. The molecule has 4 heteroatoms. The van der Waals surface area contributed by atoms with Gasteiger partial charge in [-0.05, 0) is 106 Å². The molecule has 4 heterocycles. The number of nitrogens with zero attached hydrogens (tertiary/aromatic N) is 2. The molecule has 0 saturated carbocycles. The molecule has 4 aromatic heterocycles. The highest BCUT2D eigenvalue weighted by Gasteiger charge is 2.24. The Kier molecular flexibility index (Phi) is 8.19. The number of hydrogen-bond acceptors (Lipinski definition) is 2. The molecule has 2 aliphatic carbocycles. The summed E-state index contributed by atoms with van der Waals surface area (Å²) in [5, 5.41) is 15.8. The van der Waals surface area contributed by atoms with Crippen LogP contribution in [0, 0.1) is 0 Å². The Hall–Kier alpha value is -8.02. The second kappa shape index (κ2) is 14.7. The van der Waals surface area contributed by atoms with Crippen molar-refractivity contribution in [3.8, 4) is 33.6 Å². The number of para-hydroxylation sites is 2. The molecule has 2 aliphatic rings. The fourth-order valence-electron chi connectivity index (χ4n) is 12.7. The summed E-state index contributed by atoms with van der Waals surface area (Å²) in [6.07, 6.45) is 13.5. The molecule has 0 radical (unpaired) electrons.